The molecule has 3 heterocycles. The number of thiazole rings is 1. The number of imide groups is 1. The van der Waals surface area contributed by atoms with Crippen LogP contribution in [0.5, 0.6) is 5.75 Å². The number of aromatic nitrogens is 1. The van der Waals surface area contributed by atoms with E-state index in [1.165, 1.54) is 24.3 Å². The minimum absolute atomic E-state index is 0.244. The van der Waals surface area contributed by atoms with Gasteiger partial charge in [-0.2, -0.15) is 0 Å². The summed E-state index contributed by atoms with van der Waals surface area (Å²) in [4.78, 5) is 56.6. The number of halogens is 3. The number of ether oxygens (including phenoxy) is 1. The highest BCUT2D eigenvalue weighted by molar-refractivity contribution is 8.00. The standard InChI is InChI=1S/C28H18Cl2FN3O5S2/c29-13-1-6-16(7-2-13)32-20(35)12-39-19-10-3-14(30)11-18(19)21-22-24(40-25-23(21)41-28(38)33-25)27(37)34(26(22)36)17-8-4-15(31)5-9-17/h1-11,21-22,24H,12H2,(H,32,35)(H,33,38)/t21-,22-,24+/m0/s1. The molecule has 41 heavy (non-hydrogen) atoms. The molecule has 208 valence electrons. The molecule has 0 unspecified atom stereocenters. The number of hydrogen-bond acceptors (Lipinski definition) is 7. The van der Waals surface area contributed by atoms with Gasteiger partial charge in [-0.1, -0.05) is 46.3 Å². The Morgan fingerprint density at radius 3 is 2.41 bits per heavy atom. The molecule has 6 rings (SSSR count). The Kier molecular flexibility index (Phi) is 7.37. The predicted octanol–water partition coefficient (Wildman–Crippen LogP) is 5.70. The summed E-state index contributed by atoms with van der Waals surface area (Å²) in [5, 5.41) is 3.19. The third-order valence-corrected chi connectivity index (χ3v) is 9.59. The van der Waals surface area contributed by atoms with Crippen LogP contribution in [0.1, 0.15) is 16.4 Å². The Bertz CT molecular complexity index is 1740. The van der Waals surface area contributed by atoms with Gasteiger partial charge in [-0.3, -0.25) is 19.2 Å². The Morgan fingerprint density at radius 2 is 1.68 bits per heavy atom. The molecule has 2 aliphatic rings. The Morgan fingerprint density at radius 1 is 0.976 bits per heavy atom. The van der Waals surface area contributed by atoms with Gasteiger partial charge >= 0.3 is 4.87 Å². The molecule has 1 aromatic heterocycles. The van der Waals surface area contributed by atoms with Crippen LogP contribution in [0.3, 0.4) is 0 Å². The zero-order valence-electron chi connectivity index (χ0n) is 20.7. The van der Waals surface area contributed by atoms with Crippen LogP contribution in [0.15, 0.2) is 76.6 Å². The summed E-state index contributed by atoms with van der Waals surface area (Å²) in [6, 6.07) is 16.4. The maximum atomic E-state index is 13.9. The van der Waals surface area contributed by atoms with E-state index in [1.807, 2.05) is 0 Å². The molecular weight excluding hydrogens is 612 g/mol. The van der Waals surface area contributed by atoms with Crippen molar-refractivity contribution in [3.8, 4) is 5.75 Å². The van der Waals surface area contributed by atoms with Crippen LogP contribution >= 0.6 is 46.3 Å². The molecule has 1 saturated heterocycles. The van der Waals surface area contributed by atoms with Gasteiger partial charge in [0.2, 0.25) is 11.8 Å². The van der Waals surface area contributed by atoms with Gasteiger partial charge in [0.15, 0.2) is 6.61 Å². The van der Waals surface area contributed by atoms with Crippen LogP contribution in [-0.2, 0) is 14.4 Å². The van der Waals surface area contributed by atoms with Crippen molar-refractivity contribution in [2.45, 2.75) is 16.2 Å². The zero-order valence-corrected chi connectivity index (χ0v) is 23.9. The number of H-pyrrole nitrogens is 1. The summed E-state index contributed by atoms with van der Waals surface area (Å²) < 4.78 is 19.5. The minimum Gasteiger partial charge on any atom is -0.483 e. The molecule has 3 amide bonds. The third-order valence-electron chi connectivity index (χ3n) is 6.70. The van der Waals surface area contributed by atoms with E-state index in [2.05, 4.69) is 10.3 Å². The van der Waals surface area contributed by atoms with Crippen LogP contribution in [0.4, 0.5) is 15.8 Å². The van der Waals surface area contributed by atoms with E-state index >= 15 is 0 Å². The largest absolute Gasteiger partial charge is 0.483 e. The average molecular weight is 631 g/mol. The van der Waals surface area contributed by atoms with E-state index < -0.39 is 40.6 Å². The number of hydrogen-bond donors (Lipinski definition) is 2. The average Bonchev–Trinajstić information content (AvgIpc) is 3.44. The van der Waals surface area contributed by atoms with Gasteiger partial charge in [-0.15, -0.1) is 0 Å². The number of thioether (sulfide) groups is 1. The minimum atomic E-state index is -0.916. The summed E-state index contributed by atoms with van der Waals surface area (Å²) in [5.41, 5.74) is 1.23. The van der Waals surface area contributed by atoms with Crippen molar-refractivity contribution in [2.24, 2.45) is 5.92 Å². The topological polar surface area (TPSA) is 109 Å². The molecule has 4 aromatic rings. The molecule has 1 fully saturated rings. The smallest absolute Gasteiger partial charge is 0.305 e. The zero-order chi connectivity index (χ0) is 28.8. The van der Waals surface area contributed by atoms with Crippen molar-refractivity contribution < 1.29 is 23.5 Å². The second kappa shape index (κ2) is 11.0. The summed E-state index contributed by atoms with van der Waals surface area (Å²) in [6.07, 6.45) is 0. The Labute approximate surface area is 250 Å². The highest BCUT2D eigenvalue weighted by atomic mass is 35.5. The van der Waals surface area contributed by atoms with Gasteiger partial charge in [0, 0.05) is 32.1 Å². The lowest BCUT2D eigenvalue weighted by Gasteiger charge is -2.31. The van der Waals surface area contributed by atoms with Crippen molar-refractivity contribution in [2.75, 3.05) is 16.8 Å². The summed E-state index contributed by atoms with van der Waals surface area (Å²) in [6.45, 7) is -0.363. The lowest BCUT2D eigenvalue weighted by molar-refractivity contribution is -0.122. The maximum Gasteiger partial charge on any atom is 0.305 e. The first-order chi connectivity index (χ1) is 19.7. The van der Waals surface area contributed by atoms with Crippen LogP contribution in [0.25, 0.3) is 0 Å². The number of rotatable bonds is 6. The number of carbonyl (C=O) groups excluding carboxylic acids is 3. The SMILES string of the molecule is O=C(COc1ccc(Cl)cc1[C@@H]1c2sc(=O)[nH]c2S[C@H]2C(=O)N(c3ccc(F)cc3)C(=O)[C@@H]12)Nc1ccc(Cl)cc1. The first-order valence-corrected chi connectivity index (χ1v) is 14.7. The number of carbonyl (C=O) groups is 3. The van der Waals surface area contributed by atoms with Crippen LogP contribution in [0, 0.1) is 11.7 Å². The molecule has 2 N–H and O–H groups in total. The first-order valence-electron chi connectivity index (χ1n) is 12.2. The second-order valence-corrected chi connectivity index (χ2v) is 12.3. The second-order valence-electron chi connectivity index (χ2n) is 9.26. The van der Waals surface area contributed by atoms with E-state index in [9.17, 15) is 23.6 Å². The van der Waals surface area contributed by atoms with Gasteiger partial charge in [0.25, 0.3) is 5.91 Å². The molecule has 0 radical (unpaired) electrons. The number of aromatic amines is 1. The lowest BCUT2D eigenvalue weighted by Crippen LogP contribution is -2.32. The maximum absolute atomic E-state index is 13.9. The lowest BCUT2D eigenvalue weighted by atomic mass is 9.82. The molecular formula is C28H18Cl2FN3O5S2. The van der Waals surface area contributed by atoms with Crippen molar-refractivity contribution in [3.05, 3.63) is 103 Å². The highest BCUT2D eigenvalue weighted by Crippen LogP contribution is 2.54. The molecule has 0 bridgehead atoms. The summed E-state index contributed by atoms with van der Waals surface area (Å²) in [5.74, 6) is -3.35. The molecule has 13 heteroatoms. The fourth-order valence-electron chi connectivity index (χ4n) is 4.96. The van der Waals surface area contributed by atoms with Crippen molar-refractivity contribution in [3.63, 3.8) is 0 Å². The van der Waals surface area contributed by atoms with Crippen molar-refractivity contribution in [1.29, 1.82) is 0 Å². The van der Waals surface area contributed by atoms with Crippen LogP contribution in [0.2, 0.25) is 10.0 Å². The normalized spacial score (nSPS) is 19.6. The first kappa shape index (κ1) is 27.5. The number of benzene rings is 3. The monoisotopic (exact) mass is 629 g/mol. The highest BCUT2D eigenvalue weighted by Gasteiger charge is 2.56. The number of nitrogens with one attached hydrogen (secondary N) is 2. The molecule has 3 atom stereocenters. The van der Waals surface area contributed by atoms with Gasteiger partial charge in [0.1, 0.15) is 16.8 Å². The van der Waals surface area contributed by atoms with Crippen molar-refractivity contribution >= 4 is 75.4 Å². The predicted molar refractivity (Wildman–Crippen MR) is 156 cm³/mol. The number of fused-ring (bicyclic) bond motifs is 2. The fourth-order valence-corrected chi connectivity index (χ4v) is 7.78. The molecule has 0 saturated carbocycles. The van der Waals surface area contributed by atoms with Crippen LogP contribution < -0.4 is 19.8 Å². The van der Waals surface area contributed by atoms with E-state index in [1.54, 1.807) is 42.5 Å². The number of nitrogens with zero attached hydrogens (tertiary/aromatic N) is 1. The van der Waals surface area contributed by atoms with Gasteiger partial charge < -0.3 is 15.0 Å². The fraction of sp³-hybridized carbons (Fsp3) is 0.143. The Hall–Kier alpha value is -3.64. The summed E-state index contributed by atoms with van der Waals surface area (Å²) >= 11 is 14.3. The van der Waals surface area contributed by atoms with E-state index in [-0.39, 0.29) is 22.9 Å². The van der Waals surface area contributed by atoms with Crippen LogP contribution in [-0.4, -0.2) is 34.6 Å². The molecule has 0 aliphatic carbocycles. The van der Waals surface area contributed by atoms with Gasteiger partial charge in [-0.25, -0.2) is 9.29 Å². The molecule has 8 nitrogen and oxygen atoms in total. The van der Waals surface area contributed by atoms with E-state index in [4.69, 9.17) is 27.9 Å². The Balaban J connectivity index is 1.36. The molecule has 2 aliphatic heterocycles. The molecule has 0 spiro atoms. The van der Waals surface area contributed by atoms with E-state index in [0.717, 1.165) is 28.0 Å². The van der Waals surface area contributed by atoms with Gasteiger partial charge in [0.05, 0.1) is 16.6 Å². The van der Waals surface area contributed by atoms with Crippen molar-refractivity contribution in [1.82, 2.24) is 4.98 Å². The number of amides is 3. The molecule has 3 aromatic carbocycles. The number of anilines is 2. The third kappa shape index (κ3) is 5.26. The van der Waals surface area contributed by atoms with E-state index in [0.29, 0.717) is 31.2 Å². The quantitative estimate of drug-likeness (QED) is 0.265. The summed E-state index contributed by atoms with van der Waals surface area (Å²) in [7, 11) is 0. The van der Waals surface area contributed by atoms with Gasteiger partial charge in [-0.05, 0) is 66.7 Å².